The van der Waals surface area contributed by atoms with Crippen molar-refractivity contribution in [2.45, 2.75) is 0 Å². The molecule has 224 valence electrons. The average Bonchev–Trinajstić information content (AvgIpc) is 3.70. The maximum Gasteiger partial charge on any atom is 0.235 e. The van der Waals surface area contributed by atoms with Crippen molar-refractivity contribution in [2.24, 2.45) is 0 Å². The maximum absolute atomic E-state index is 5.40. The summed E-state index contributed by atoms with van der Waals surface area (Å²) in [5.74, 6) is 0.681. The van der Waals surface area contributed by atoms with Gasteiger partial charge in [-0.1, -0.05) is 140 Å². The molecule has 0 N–H and O–H groups in total. The van der Waals surface area contributed by atoms with Gasteiger partial charge in [-0.25, -0.2) is 9.97 Å². The molecular formula is C44H27N3S. The zero-order chi connectivity index (χ0) is 31.6. The first-order valence-electron chi connectivity index (χ1n) is 16.2. The van der Waals surface area contributed by atoms with E-state index in [1.807, 2.05) is 0 Å². The van der Waals surface area contributed by atoms with E-state index in [1.54, 1.807) is 11.3 Å². The molecule has 3 aromatic heterocycles. The number of hydrogen-bond acceptors (Lipinski definition) is 3. The van der Waals surface area contributed by atoms with Crippen LogP contribution in [0.3, 0.4) is 0 Å². The van der Waals surface area contributed by atoms with Crippen molar-refractivity contribution >= 4 is 64.2 Å². The molecule has 48 heavy (non-hydrogen) atoms. The zero-order valence-corrected chi connectivity index (χ0v) is 26.7. The van der Waals surface area contributed by atoms with Gasteiger partial charge < -0.3 is 0 Å². The summed E-state index contributed by atoms with van der Waals surface area (Å²) in [6.07, 6.45) is 0. The van der Waals surface area contributed by atoms with Crippen molar-refractivity contribution in [1.29, 1.82) is 0 Å². The highest BCUT2D eigenvalue weighted by atomic mass is 32.1. The molecule has 3 heterocycles. The number of nitrogens with zero attached hydrogens (tertiary/aromatic N) is 3. The van der Waals surface area contributed by atoms with E-state index in [0.29, 0.717) is 5.95 Å². The largest absolute Gasteiger partial charge is 0.278 e. The van der Waals surface area contributed by atoms with Crippen LogP contribution in [0.5, 0.6) is 0 Å². The molecular weight excluding hydrogens is 603 g/mol. The van der Waals surface area contributed by atoms with E-state index < -0.39 is 0 Å². The normalized spacial score (nSPS) is 11.8. The molecule has 10 rings (SSSR count). The van der Waals surface area contributed by atoms with Gasteiger partial charge in [0.2, 0.25) is 5.95 Å². The fourth-order valence-corrected chi connectivity index (χ4v) is 8.26. The van der Waals surface area contributed by atoms with Crippen molar-refractivity contribution in [1.82, 2.24) is 14.5 Å². The highest BCUT2D eigenvalue weighted by molar-refractivity contribution is 7.26. The average molecular weight is 630 g/mol. The molecule has 0 aliphatic rings. The van der Waals surface area contributed by atoms with Gasteiger partial charge in [-0.05, 0) is 57.3 Å². The third-order valence-corrected chi connectivity index (χ3v) is 10.6. The lowest BCUT2D eigenvalue weighted by Crippen LogP contribution is -2.02. The fraction of sp³-hybridized carbons (Fsp3) is 0. The van der Waals surface area contributed by atoms with Gasteiger partial charge in [0.25, 0.3) is 0 Å². The van der Waals surface area contributed by atoms with Crippen LogP contribution in [0.15, 0.2) is 164 Å². The van der Waals surface area contributed by atoms with Gasteiger partial charge in [0.05, 0.1) is 26.9 Å². The Balaban J connectivity index is 1.20. The predicted molar refractivity (Wildman–Crippen MR) is 203 cm³/mol. The number of fused-ring (bicyclic) bond motifs is 7. The van der Waals surface area contributed by atoms with Crippen molar-refractivity contribution in [2.75, 3.05) is 0 Å². The first-order valence-corrected chi connectivity index (χ1v) is 17.0. The summed E-state index contributed by atoms with van der Waals surface area (Å²) in [5, 5.41) is 6.03. The second kappa shape index (κ2) is 10.7. The highest BCUT2D eigenvalue weighted by Gasteiger charge is 2.20. The molecule has 0 aliphatic carbocycles. The Bertz CT molecular complexity index is 2770. The molecule has 10 aromatic rings. The minimum Gasteiger partial charge on any atom is -0.278 e. The summed E-state index contributed by atoms with van der Waals surface area (Å²) in [6, 6.07) is 58.4. The van der Waals surface area contributed by atoms with Crippen LogP contribution < -0.4 is 0 Å². The third kappa shape index (κ3) is 4.27. The van der Waals surface area contributed by atoms with Crippen molar-refractivity contribution in [3.63, 3.8) is 0 Å². The molecule has 0 spiro atoms. The second-order valence-electron chi connectivity index (χ2n) is 12.2. The molecule has 0 bridgehead atoms. The molecule has 3 nitrogen and oxygen atoms in total. The molecule has 0 fully saturated rings. The van der Waals surface area contributed by atoms with Gasteiger partial charge in [-0.3, -0.25) is 4.57 Å². The molecule has 0 saturated carbocycles. The minimum absolute atomic E-state index is 0.681. The van der Waals surface area contributed by atoms with Crippen molar-refractivity contribution in [3.8, 4) is 39.5 Å². The lowest BCUT2D eigenvalue weighted by molar-refractivity contribution is 1.02. The number of thiophene rings is 1. The van der Waals surface area contributed by atoms with E-state index in [2.05, 4.69) is 168 Å². The van der Waals surface area contributed by atoms with Gasteiger partial charge >= 0.3 is 0 Å². The topological polar surface area (TPSA) is 30.7 Å². The molecule has 4 heteroatoms. The van der Waals surface area contributed by atoms with Gasteiger partial charge in [-0.2, -0.15) is 0 Å². The Morgan fingerprint density at radius 1 is 0.417 bits per heavy atom. The van der Waals surface area contributed by atoms with Gasteiger partial charge in [-0.15, -0.1) is 11.3 Å². The molecule has 0 atom stereocenters. The summed E-state index contributed by atoms with van der Waals surface area (Å²) in [4.78, 5) is 10.7. The quantitative estimate of drug-likeness (QED) is 0.194. The smallest absolute Gasteiger partial charge is 0.235 e. The molecule has 0 radical (unpaired) electrons. The van der Waals surface area contributed by atoms with Crippen molar-refractivity contribution < 1.29 is 0 Å². The molecule has 0 amide bonds. The summed E-state index contributed by atoms with van der Waals surface area (Å²) in [5.41, 5.74) is 9.99. The Labute approximate surface area is 281 Å². The van der Waals surface area contributed by atoms with E-state index in [0.717, 1.165) is 37.9 Å². The van der Waals surface area contributed by atoms with Crippen LogP contribution in [-0.4, -0.2) is 14.5 Å². The van der Waals surface area contributed by atoms with Crippen LogP contribution in [0.25, 0.3) is 92.3 Å². The fourth-order valence-electron chi connectivity index (χ4n) is 7.06. The predicted octanol–water partition coefficient (Wildman–Crippen LogP) is 12.1. The number of aromatic nitrogens is 3. The van der Waals surface area contributed by atoms with Crippen LogP contribution in [0.2, 0.25) is 0 Å². The van der Waals surface area contributed by atoms with Gasteiger partial charge in [0, 0.05) is 26.4 Å². The Kier molecular flexibility index (Phi) is 6.05. The van der Waals surface area contributed by atoms with E-state index in [-0.39, 0.29) is 0 Å². The van der Waals surface area contributed by atoms with Crippen LogP contribution in [-0.2, 0) is 0 Å². The number of rotatable bonds is 4. The summed E-state index contributed by atoms with van der Waals surface area (Å²) in [7, 11) is 0. The maximum atomic E-state index is 5.40. The lowest BCUT2D eigenvalue weighted by atomic mass is 9.99. The van der Waals surface area contributed by atoms with Crippen LogP contribution in [0.1, 0.15) is 0 Å². The molecule has 0 saturated heterocycles. The second-order valence-corrected chi connectivity index (χ2v) is 13.3. The summed E-state index contributed by atoms with van der Waals surface area (Å²) in [6.45, 7) is 0. The standard InChI is InChI=1S/C44H27N3S/c1-2-10-28(11-3-1)34-24-25-37-40(27-34)48-43-41(31-21-18-30(19-22-31)33-23-20-29-12-4-5-13-32(29)26-33)45-44(46-42(37)43)47-38-16-8-6-14-35(38)36-15-7-9-17-39(36)47/h1-27H. The lowest BCUT2D eigenvalue weighted by Gasteiger charge is -2.11. The summed E-state index contributed by atoms with van der Waals surface area (Å²) >= 11 is 1.77. The van der Waals surface area contributed by atoms with Crippen LogP contribution in [0.4, 0.5) is 0 Å². The Hall–Kier alpha value is -6.10. The monoisotopic (exact) mass is 629 g/mol. The van der Waals surface area contributed by atoms with E-state index in [1.165, 1.54) is 48.5 Å². The molecule has 7 aromatic carbocycles. The van der Waals surface area contributed by atoms with E-state index >= 15 is 0 Å². The highest BCUT2D eigenvalue weighted by Crippen LogP contribution is 2.41. The Morgan fingerprint density at radius 2 is 1.00 bits per heavy atom. The van der Waals surface area contributed by atoms with E-state index in [9.17, 15) is 0 Å². The van der Waals surface area contributed by atoms with Gasteiger partial charge in [0.1, 0.15) is 0 Å². The third-order valence-electron chi connectivity index (χ3n) is 9.43. The number of hydrogen-bond donors (Lipinski definition) is 0. The number of benzene rings is 7. The van der Waals surface area contributed by atoms with Crippen molar-refractivity contribution in [3.05, 3.63) is 164 Å². The first kappa shape index (κ1) is 27.1. The first-order chi connectivity index (χ1) is 23.8. The SMILES string of the molecule is c1ccc(-c2ccc3c(c2)sc2c(-c4ccc(-c5ccc6ccccc6c5)cc4)nc(-n4c5ccccc5c5ccccc54)nc23)cc1. The molecule has 0 unspecified atom stereocenters. The molecule has 0 aliphatic heterocycles. The van der Waals surface area contributed by atoms with Crippen LogP contribution in [0, 0.1) is 0 Å². The van der Waals surface area contributed by atoms with Gasteiger partial charge in [0.15, 0.2) is 0 Å². The van der Waals surface area contributed by atoms with E-state index in [4.69, 9.17) is 9.97 Å². The van der Waals surface area contributed by atoms with Crippen LogP contribution >= 0.6 is 11.3 Å². The summed E-state index contributed by atoms with van der Waals surface area (Å²) < 4.78 is 4.52. The zero-order valence-electron chi connectivity index (χ0n) is 25.8. The number of para-hydroxylation sites is 2. The minimum atomic E-state index is 0.681. The Morgan fingerprint density at radius 3 is 1.77 bits per heavy atom.